The van der Waals surface area contributed by atoms with Crippen molar-refractivity contribution < 1.29 is 28.7 Å². The smallest absolute Gasteiger partial charge is 0.309 e. The van der Waals surface area contributed by atoms with Crippen molar-refractivity contribution in [2.24, 2.45) is 11.8 Å². The minimum Gasteiger partial charge on any atom is -0.481 e. The number of likely N-dealkylation sites (tertiary alicyclic amines) is 1. The Balaban J connectivity index is 1.60. The number of nitrogens with zero attached hydrogens (tertiary/aromatic N) is 2. The summed E-state index contributed by atoms with van der Waals surface area (Å²) >= 11 is 5.98. The van der Waals surface area contributed by atoms with Gasteiger partial charge < -0.3 is 5.11 Å². The third kappa shape index (κ3) is 2.83. The molecule has 7 nitrogen and oxygen atoms in total. The molecule has 2 aromatic rings. The molecule has 4 atom stereocenters. The maximum atomic E-state index is 13.6. The predicted molar refractivity (Wildman–Crippen MR) is 110 cm³/mol. The quantitative estimate of drug-likeness (QED) is 0.710. The monoisotopic (exact) mass is 456 g/mol. The molecule has 0 unspecified atom stereocenters. The number of rotatable bonds is 4. The molecule has 3 fully saturated rings. The highest BCUT2D eigenvalue weighted by Gasteiger charge is 2.75. The average Bonchev–Trinajstić information content (AvgIpc) is 3.29. The molecule has 2 aromatic carbocycles. The number of halogens is 2. The van der Waals surface area contributed by atoms with Crippen LogP contribution in [-0.2, 0) is 25.7 Å². The molecular formula is C23H18ClFN2O5. The molecule has 2 amide bonds. The van der Waals surface area contributed by atoms with Crippen LogP contribution < -0.4 is 0 Å². The number of carbonyl (C=O) groups excluding carboxylic acids is 3. The lowest BCUT2D eigenvalue weighted by Gasteiger charge is -2.32. The van der Waals surface area contributed by atoms with E-state index in [9.17, 15) is 28.7 Å². The van der Waals surface area contributed by atoms with Crippen LogP contribution in [0.15, 0.2) is 48.5 Å². The van der Waals surface area contributed by atoms with E-state index in [0.29, 0.717) is 16.1 Å². The van der Waals surface area contributed by atoms with Gasteiger partial charge in [-0.05, 0) is 35.4 Å². The highest BCUT2D eigenvalue weighted by atomic mass is 35.5. The Bertz CT molecular complexity index is 1150. The van der Waals surface area contributed by atoms with Crippen LogP contribution in [0, 0.1) is 17.7 Å². The van der Waals surface area contributed by atoms with E-state index in [-0.39, 0.29) is 25.3 Å². The van der Waals surface area contributed by atoms with Crippen LogP contribution in [0.5, 0.6) is 0 Å². The Morgan fingerprint density at radius 2 is 1.75 bits per heavy atom. The van der Waals surface area contributed by atoms with E-state index < -0.39 is 47.0 Å². The van der Waals surface area contributed by atoms with Gasteiger partial charge in [-0.15, -0.1) is 0 Å². The number of amides is 2. The highest BCUT2D eigenvalue weighted by molar-refractivity contribution is 6.30. The summed E-state index contributed by atoms with van der Waals surface area (Å²) in [7, 11) is 0. The lowest BCUT2D eigenvalue weighted by molar-refractivity contribution is -0.150. The van der Waals surface area contributed by atoms with Gasteiger partial charge >= 0.3 is 5.97 Å². The number of ketones is 1. The minimum absolute atomic E-state index is 0.114. The molecule has 1 N–H and O–H groups in total. The maximum absolute atomic E-state index is 13.6. The van der Waals surface area contributed by atoms with E-state index in [0.717, 1.165) is 4.90 Å². The van der Waals surface area contributed by atoms with Crippen molar-refractivity contribution in [3.05, 3.63) is 70.5 Å². The molecule has 164 valence electrons. The van der Waals surface area contributed by atoms with Gasteiger partial charge in [0.2, 0.25) is 5.91 Å². The molecule has 0 saturated carbocycles. The molecule has 32 heavy (non-hydrogen) atoms. The van der Waals surface area contributed by atoms with Crippen LogP contribution in [0.4, 0.5) is 4.39 Å². The van der Waals surface area contributed by atoms with Crippen LogP contribution in [0.1, 0.15) is 23.6 Å². The normalized spacial score (nSPS) is 29.5. The summed E-state index contributed by atoms with van der Waals surface area (Å²) < 4.78 is 13.3. The third-order valence-electron chi connectivity index (χ3n) is 6.77. The van der Waals surface area contributed by atoms with Crippen molar-refractivity contribution in [2.45, 2.75) is 24.5 Å². The van der Waals surface area contributed by atoms with Crippen molar-refractivity contribution in [1.82, 2.24) is 9.80 Å². The molecule has 0 aromatic heterocycles. The summed E-state index contributed by atoms with van der Waals surface area (Å²) in [5.41, 5.74) is -0.417. The summed E-state index contributed by atoms with van der Waals surface area (Å²) in [6, 6.07) is 11.1. The number of Topliss-reactive ketones (excluding diaryl/α,β-unsaturated/α-hetero) is 1. The van der Waals surface area contributed by atoms with Gasteiger partial charge in [-0.25, -0.2) is 4.39 Å². The molecule has 0 bridgehead atoms. The van der Waals surface area contributed by atoms with Gasteiger partial charge in [0.15, 0.2) is 0 Å². The molecule has 3 saturated heterocycles. The molecule has 3 aliphatic heterocycles. The molecule has 9 heteroatoms. The number of carboxylic acids is 1. The lowest BCUT2D eigenvalue weighted by Crippen LogP contribution is -2.49. The van der Waals surface area contributed by atoms with Gasteiger partial charge in [0.05, 0.1) is 31.0 Å². The lowest BCUT2D eigenvalue weighted by atomic mass is 9.77. The van der Waals surface area contributed by atoms with Crippen LogP contribution in [0.2, 0.25) is 5.02 Å². The first-order valence-electron chi connectivity index (χ1n) is 10.1. The number of carboxylic acid groups (broad SMARTS) is 1. The van der Waals surface area contributed by atoms with Crippen molar-refractivity contribution >= 4 is 35.2 Å². The average molecular weight is 457 g/mol. The summed E-state index contributed by atoms with van der Waals surface area (Å²) in [5, 5.41) is 10.6. The van der Waals surface area contributed by atoms with Crippen LogP contribution in [0.25, 0.3) is 0 Å². The Morgan fingerprint density at radius 1 is 1.09 bits per heavy atom. The number of benzene rings is 2. The molecule has 3 heterocycles. The summed E-state index contributed by atoms with van der Waals surface area (Å²) in [4.78, 5) is 54.6. The maximum Gasteiger partial charge on any atom is 0.309 e. The van der Waals surface area contributed by atoms with E-state index in [1.54, 1.807) is 29.2 Å². The largest absolute Gasteiger partial charge is 0.481 e. The molecule has 5 rings (SSSR count). The molecular weight excluding hydrogens is 439 g/mol. The number of carbonyl (C=O) groups is 4. The molecule has 0 aliphatic carbocycles. The first-order chi connectivity index (χ1) is 15.2. The third-order valence-corrected chi connectivity index (χ3v) is 7.03. The first-order valence-corrected chi connectivity index (χ1v) is 10.5. The number of hydrogen-bond donors (Lipinski definition) is 1. The van der Waals surface area contributed by atoms with E-state index in [2.05, 4.69) is 0 Å². The second kappa shape index (κ2) is 7.21. The SMILES string of the molecule is O=C1CN2[C@H](c3ccc(Cl)cc3)[C@@H](C(=O)O)[C@@H]3C(=O)N(Cc4ccc(F)cc4)C(=O)[C@@]32C1. The minimum atomic E-state index is -1.53. The summed E-state index contributed by atoms with van der Waals surface area (Å²) in [6.07, 6.45) is -0.212. The topological polar surface area (TPSA) is 95.0 Å². The Labute approximate surface area is 187 Å². The van der Waals surface area contributed by atoms with E-state index in [1.807, 2.05) is 0 Å². The summed E-state index contributed by atoms with van der Waals surface area (Å²) in [6.45, 7) is -0.229. The zero-order chi connectivity index (χ0) is 22.8. The molecule has 1 spiro atoms. The predicted octanol–water partition coefficient (Wildman–Crippen LogP) is 2.43. The van der Waals surface area contributed by atoms with Gasteiger partial charge in [-0.1, -0.05) is 35.9 Å². The molecule has 0 radical (unpaired) electrons. The van der Waals surface area contributed by atoms with Crippen molar-refractivity contribution in [2.75, 3.05) is 6.54 Å². The van der Waals surface area contributed by atoms with Gasteiger partial charge in [0.25, 0.3) is 5.91 Å². The Hall–Kier alpha value is -3.10. The standard InChI is InChI=1S/C23H18ClFN2O5/c24-14-5-3-13(4-6-14)19-17(21(30)31)18-20(29)26(10-12-1-7-15(25)8-2-12)22(32)23(18)9-16(28)11-27(19)23/h1-8,17-19H,9-11H2,(H,30,31)/t17-,18+,19+,23+/m0/s1. The second-order valence-corrected chi connectivity index (χ2v) is 8.90. The van der Waals surface area contributed by atoms with E-state index in [1.165, 1.54) is 24.3 Å². The first kappa shape index (κ1) is 20.8. The van der Waals surface area contributed by atoms with Crippen LogP contribution in [0.3, 0.4) is 0 Å². The fourth-order valence-electron chi connectivity index (χ4n) is 5.54. The number of hydrogen-bond acceptors (Lipinski definition) is 5. The van der Waals surface area contributed by atoms with Gasteiger partial charge in [0, 0.05) is 11.4 Å². The zero-order valence-corrected chi connectivity index (χ0v) is 17.5. The van der Waals surface area contributed by atoms with Crippen LogP contribution >= 0.6 is 11.6 Å². The van der Waals surface area contributed by atoms with Gasteiger partial charge in [0.1, 0.15) is 17.1 Å². The van der Waals surface area contributed by atoms with Gasteiger partial charge in [-0.3, -0.25) is 29.0 Å². The van der Waals surface area contributed by atoms with Crippen molar-refractivity contribution in [3.8, 4) is 0 Å². The summed E-state index contributed by atoms with van der Waals surface area (Å²) in [5.74, 6) is -5.48. The molecule has 3 aliphatic rings. The second-order valence-electron chi connectivity index (χ2n) is 8.46. The fourth-order valence-corrected chi connectivity index (χ4v) is 5.66. The van der Waals surface area contributed by atoms with Gasteiger partial charge in [-0.2, -0.15) is 0 Å². The zero-order valence-electron chi connectivity index (χ0n) is 16.7. The Kier molecular flexibility index (Phi) is 4.69. The van der Waals surface area contributed by atoms with Crippen molar-refractivity contribution in [3.63, 3.8) is 0 Å². The van der Waals surface area contributed by atoms with Crippen LogP contribution in [-0.4, -0.2) is 50.6 Å². The Morgan fingerprint density at radius 3 is 2.38 bits per heavy atom. The highest BCUT2D eigenvalue weighted by Crippen LogP contribution is 2.59. The fraction of sp³-hybridized carbons (Fsp3) is 0.304. The number of imide groups is 1. The van der Waals surface area contributed by atoms with E-state index >= 15 is 0 Å². The van der Waals surface area contributed by atoms with E-state index in [4.69, 9.17) is 11.6 Å². The number of aliphatic carboxylic acids is 1. The van der Waals surface area contributed by atoms with Crippen molar-refractivity contribution in [1.29, 1.82) is 0 Å².